The van der Waals surface area contributed by atoms with E-state index in [1.807, 2.05) is 20.8 Å². The van der Waals surface area contributed by atoms with Crippen molar-refractivity contribution in [2.24, 2.45) is 5.41 Å². The summed E-state index contributed by atoms with van der Waals surface area (Å²) < 4.78 is 0. The summed E-state index contributed by atoms with van der Waals surface area (Å²) in [6, 6.07) is 4.59. The molecular weight excluding hydrogens is 296 g/mol. The van der Waals surface area contributed by atoms with Gasteiger partial charge in [0, 0.05) is 24.1 Å². The molecule has 0 atom stereocenters. The summed E-state index contributed by atoms with van der Waals surface area (Å²) >= 11 is 0. The highest BCUT2D eigenvalue weighted by molar-refractivity contribution is 5.94. The molecule has 0 aliphatic rings. The number of carbonyl (C=O) groups is 3. The van der Waals surface area contributed by atoms with E-state index in [0.717, 1.165) is 5.56 Å². The number of hydrogen-bond acceptors (Lipinski definition) is 3. The summed E-state index contributed by atoms with van der Waals surface area (Å²) in [5, 5.41) is 14.5. The van der Waals surface area contributed by atoms with E-state index in [1.165, 1.54) is 12.1 Å². The van der Waals surface area contributed by atoms with Gasteiger partial charge in [-0.1, -0.05) is 26.8 Å². The average molecular weight is 320 g/mol. The standard InChI is InChI=1S/C17H24N2O4/c1-11-7-8-12(15(21)22)10-13(11)19-14(20)6-5-9-18-16(23)17(2,3)4/h7-8,10H,5-6,9H2,1-4H3,(H,18,23)(H,19,20)(H,21,22). The lowest BCUT2D eigenvalue weighted by Crippen LogP contribution is -2.35. The molecule has 0 aliphatic heterocycles. The van der Waals surface area contributed by atoms with Gasteiger partial charge in [-0.2, -0.15) is 0 Å². The van der Waals surface area contributed by atoms with Gasteiger partial charge in [-0.05, 0) is 31.0 Å². The molecule has 3 N–H and O–H groups in total. The minimum Gasteiger partial charge on any atom is -0.478 e. The van der Waals surface area contributed by atoms with Crippen LogP contribution in [0.3, 0.4) is 0 Å². The SMILES string of the molecule is Cc1ccc(C(=O)O)cc1NC(=O)CCCNC(=O)C(C)(C)C. The number of anilines is 1. The zero-order chi connectivity index (χ0) is 17.6. The molecule has 0 aliphatic carbocycles. The number of carboxylic acid groups (broad SMARTS) is 1. The molecule has 0 spiro atoms. The van der Waals surface area contributed by atoms with Crippen LogP contribution in [0.2, 0.25) is 0 Å². The van der Waals surface area contributed by atoms with Gasteiger partial charge in [-0.15, -0.1) is 0 Å². The number of amides is 2. The van der Waals surface area contributed by atoms with Crippen LogP contribution in [-0.2, 0) is 9.59 Å². The Morgan fingerprint density at radius 2 is 1.83 bits per heavy atom. The lowest BCUT2D eigenvalue weighted by molar-refractivity contribution is -0.128. The molecule has 1 rings (SSSR count). The predicted octanol–water partition coefficient (Wildman–Crippen LogP) is 2.57. The normalized spacial score (nSPS) is 11.0. The van der Waals surface area contributed by atoms with Crippen molar-refractivity contribution in [2.45, 2.75) is 40.5 Å². The van der Waals surface area contributed by atoms with Crippen LogP contribution >= 0.6 is 0 Å². The second-order valence-electron chi connectivity index (χ2n) is 6.49. The summed E-state index contributed by atoms with van der Waals surface area (Å²) in [4.78, 5) is 34.5. The van der Waals surface area contributed by atoms with E-state index in [9.17, 15) is 14.4 Å². The maximum absolute atomic E-state index is 11.9. The van der Waals surface area contributed by atoms with Gasteiger partial charge in [0.05, 0.1) is 5.56 Å². The lowest BCUT2D eigenvalue weighted by Gasteiger charge is -2.17. The maximum Gasteiger partial charge on any atom is 0.335 e. The van der Waals surface area contributed by atoms with Crippen LogP contribution in [0, 0.1) is 12.3 Å². The Balaban J connectivity index is 2.47. The van der Waals surface area contributed by atoms with E-state index >= 15 is 0 Å². The highest BCUT2D eigenvalue weighted by atomic mass is 16.4. The van der Waals surface area contributed by atoms with Gasteiger partial charge in [-0.3, -0.25) is 9.59 Å². The second kappa shape index (κ2) is 7.76. The van der Waals surface area contributed by atoms with Crippen molar-refractivity contribution in [3.05, 3.63) is 29.3 Å². The van der Waals surface area contributed by atoms with E-state index in [0.29, 0.717) is 18.7 Å². The first-order chi connectivity index (χ1) is 10.6. The van der Waals surface area contributed by atoms with E-state index in [4.69, 9.17) is 5.11 Å². The van der Waals surface area contributed by atoms with Crippen molar-refractivity contribution in [3.8, 4) is 0 Å². The van der Waals surface area contributed by atoms with Crippen molar-refractivity contribution in [1.29, 1.82) is 0 Å². The molecule has 6 heteroatoms. The smallest absolute Gasteiger partial charge is 0.335 e. The summed E-state index contributed by atoms with van der Waals surface area (Å²) in [5.74, 6) is -1.30. The van der Waals surface area contributed by atoms with Crippen LogP contribution in [0.25, 0.3) is 0 Å². The molecule has 6 nitrogen and oxygen atoms in total. The van der Waals surface area contributed by atoms with Crippen LogP contribution in [0.5, 0.6) is 0 Å². The molecule has 126 valence electrons. The minimum atomic E-state index is -1.04. The Labute approximate surface area is 136 Å². The largest absolute Gasteiger partial charge is 0.478 e. The molecule has 23 heavy (non-hydrogen) atoms. The first-order valence-corrected chi connectivity index (χ1v) is 7.53. The molecule has 1 aromatic rings. The van der Waals surface area contributed by atoms with Crippen molar-refractivity contribution in [1.82, 2.24) is 5.32 Å². The quantitative estimate of drug-likeness (QED) is 0.702. The first kappa shape index (κ1) is 18.7. The number of benzene rings is 1. The molecule has 0 radical (unpaired) electrons. The third-order valence-corrected chi connectivity index (χ3v) is 3.31. The first-order valence-electron chi connectivity index (χ1n) is 7.53. The zero-order valence-corrected chi connectivity index (χ0v) is 14.0. The van der Waals surface area contributed by atoms with Gasteiger partial charge < -0.3 is 15.7 Å². The van der Waals surface area contributed by atoms with Gasteiger partial charge in [0.25, 0.3) is 0 Å². The van der Waals surface area contributed by atoms with Crippen LogP contribution < -0.4 is 10.6 Å². The van der Waals surface area contributed by atoms with Crippen LogP contribution in [0.15, 0.2) is 18.2 Å². The van der Waals surface area contributed by atoms with E-state index in [1.54, 1.807) is 13.0 Å². The number of nitrogens with one attached hydrogen (secondary N) is 2. The fraction of sp³-hybridized carbons (Fsp3) is 0.471. The van der Waals surface area contributed by atoms with E-state index in [-0.39, 0.29) is 23.8 Å². The Hall–Kier alpha value is -2.37. The number of aryl methyl sites for hydroxylation is 1. The molecule has 0 aromatic heterocycles. The third-order valence-electron chi connectivity index (χ3n) is 3.31. The molecule has 0 saturated heterocycles. The summed E-state index contributed by atoms with van der Waals surface area (Å²) in [6.45, 7) is 7.70. The molecular formula is C17H24N2O4. The molecule has 0 saturated carbocycles. The molecule has 2 amide bonds. The third kappa shape index (κ3) is 6.10. The second-order valence-corrected chi connectivity index (χ2v) is 6.49. The van der Waals surface area contributed by atoms with E-state index in [2.05, 4.69) is 10.6 Å². The maximum atomic E-state index is 11.9. The van der Waals surface area contributed by atoms with Crippen LogP contribution in [0.4, 0.5) is 5.69 Å². The predicted molar refractivity (Wildman–Crippen MR) is 88.5 cm³/mol. The highest BCUT2D eigenvalue weighted by Gasteiger charge is 2.20. The van der Waals surface area contributed by atoms with Crippen LogP contribution in [-0.4, -0.2) is 29.4 Å². The Morgan fingerprint density at radius 3 is 2.39 bits per heavy atom. The fourth-order valence-corrected chi connectivity index (χ4v) is 1.82. The monoisotopic (exact) mass is 320 g/mol. The zero-order valence-electron chi connectivity index (χ0n) is 14.0. The molecule has 1 aromatic carbocycles. The molecule has 0 heterocycles. The number of hydrogen-bond donors (Lipinski definition) is 3. The van der Waals surface area contributed by atoms with Crippen molar-refractivity contribution in [3.63, 3.8) is 0 Å². The summed E-state index contributed by atoms with van der Waals surface area (Å²) in [6.07, 6.45) is 0.770. The van der Waals surface area contributed by atoms with E-state index < -0.39 is 11.4 Å². The van der Waals surface area contributed by atoms with Crippen LogP contribution in [0.1, 0.15) is 49.5 Å². The van der Waals surface area contributed by atoms with Gasteiger partial charge in [0.2, 0.25) is 11.8 Å². The topological polar surface area (TPSA) is 95.5 Å². The number of carbonyl (C=O) groups excluding carboxylic acids is 2. The lowest BCUT2D eigenvalue weighted by atomic mass is 9.96. The van der Waals surface area contributed by atoms with Gasteiger partial charge >= 0.3 is 5.97 Å². The molecule has 0 bridgehead atoms. The number of rotatable bonds is 6. The Kier molecular flexibility index (Phi) is 6.30. The number of aromatic carboxylic acids is 1. The fourth-order valence-electron chi connectivity index (χ4n) is 1.82. The van der Waals surface area contributed by atoms with Gasteiger partial charge in [0.1, 0.15) is 0 Å². The minimum absolute atomic E-state index is 0.0529. The summed E-state index contributed by atoms with van der Waals surface area (Å²) in [7, 11) is 0. The van der Waals surface area contributed by atoms with Gasteiger partial charge in [0.15, 0.2) is 0 Å². The molecule has 0 fully saturated rings. The van der Waals surface area contributed by atoms with Crippen molar-refractivity contribution in [2.75, 3.05) is 11.9 Å². The van der Waals surface area contributed by atoms with Gasteiger partial charge in [-0.25, -0.2) is 4.79 Å². The Bertz CT molecular complexity index is 603. The highest BCUT2D eigenvalue weighted by Crippen LogP contribution is 2.17. The number of carboxylic acids is 1. The Morgan fingerprint density at radius 1 is 1.17 bits per heavy atom. The molecule has 0 unspecified atom stereocenters. The van der Waals surface area contributed by atoms with Crippen molar-refractivity contribution >= 4 is 23.5 Å². The summed E-state index contributed by atoms with van der Waals surface area (Å²) in [5.41, 5.74) is 0.970. The van der Waals surface area contributed by atoms with Crippen molar-refractivity contribution < 1.29 is 19.5 Å². The average Bonchev–Trinajstić information content (AvgIpc) is 2.44.